The number of benzene rings is 2. The minimum Gasteiger partial charge on any atom is -0.487 e. The van der Waals surface area contributed by atoms with Gasteiger partial charge in [0.2, 0.25) is 0 Å². The van der Waals surface area contributed by atoms with E-state index in [1.807, 2.05) is 25.1 Å². The highest BCUT2D eigenvalue weighted by atomic mass is 35.5. The number of nitrogens with zero attached hydrogens (tertiary/aromatic N) is 1. The second kappa shape index (κ2) is 10.4. The lowest BCUT2D eigenvalue weighted by Crippen LogP contribution is -2.17. The van der Waals surface area contributed by atoms with Crippen molar-refractivity contribution in [2.75, 3.05) is 18.5 Å². The summed E-state index contributed by atoms with van der Waals surface area (Å²) in [5.74, 6) is -0.258. The van der Waals surface area contributed by atoms with Gasteiger partial charge >= 0.3 is 5.69 Å². The van der Waals surface area contributed by atoms with E-state index < -0.39 is 10.8 Å². The third-order valence-electron chi connectivity index (χ3n) is 3.55. The Morgan fingerprint density at radius 3 is 2.58 bits per heavy atom. The molecule has 0 aromatic heterocycles. The average molecular weight is 380 g/mol. The van der Waals surface area contributed by atoms with Crippen molar-refractivity contribution < 1.29 is 14.5 Å². The van der Waals surface area contributed by atoms with Crippen molar-refractivity contribution in [2.45, 2.75) is 20.4 Å². The third-order valence-corrected chi connectivity index (χ3v) is 3.55. The molecule has 2 rings (SSSR count). The summed E-state index contributed by atoms with van der Waals surface area (Å²) in [5, 5.41) is 17.2. The van der Waals surface area contributed by atoms with Crippen molar-refractivity contribution in [3.8, 4) is 5.75 Å². The Morgan fingerprint density at radius 2 is 1.92 bits per heavy atom. The molecule has 0 aliphatic heterocycles. The molecule has 0 heterocycles. The van der Waals surface area contributed by atoms with Gasteiger partial charge in [0.05, 0.1) is 11.5 Å². The lowest BCUT2D eigenvalue weighted by Gasteiger charge is -2.12. The maximum Gasteiger partial charge on any atom is 0.311 e. The van der Waals surface area contributed by atoms with Crippen LogP contribution in [0.5, 0.6) is 5.75 Å². The van der Waals surface area contributed by atoms with E-state index in [1.165, 1.54) is 18.2 Å². The van der Waals surface area contributed by atoms with Gasteiger partial charge in [-0.2, -0.15) is 0 Å². The van der Waals surface area contributed by atoms with Crippen LogP contribution in [-0.4, -0.2) is 24.0 Å². The maximum absolute atomic E-state index is 12.5. The van der Waals surface area contributed by atoms with E-state index in [9.17, 15) is 14.9 Å². The number of hydrogen-bond acceptors (Lipinski definition) is 5. The van der Waals surface area contributed by atoms with Gasteiger partial charge in [-0.1, -0.05) is 25.1 Å². The molecule has 1 amide bonds. The summed E-state index contributed by atoms with van der Waals surface area (Å²) in [5.41, 5.74) is 1.59. The molecule has 0 fully saturated rings. The van der Waals surface area contributed by atoms with E-state index in [1.54, 1.807) is 13.0 Å². The number of carbonyl (C=O) groups is 1. The summed E-state index contributed by atoms with van der Waals surface area (Å²) in [4.78, 5) is 23.1. The molecule has 8 heteroatoms. The van der Waals surface area contributed by atoms with E-state index in [0.717, 1.165) is 12.1 Å². The Labute approximate surface area is 158 Å². The van der Waals surface area contributed by atoms with Crippen molar-refractivity contribution in [3.05, 3.63) is 63.7 Å². The first-order chi connectivity index (χ1) is 12.1. The van der Waals surface area contributed by atoms with Crippen LogP contribution in [-0.2, 0) is 6.54 Å². The number of halogens is 1. The molecule has 0 atom stereocenters. The fraction of sp³-hybridized carbons (Fsp3) is 0.278. The molecule has 0 unspecified atom stereocenters. The van der Waals surface area contributed by atoms with Gasteiger partial charge in [0, 0.05) is 23.9 Å². The molecule has 26 heavy (non-hydrogen) atoms. The zero-order chi connectivity index (χ0) is 18.2. The number of nitro benzene ring substituents is 1. The van der Waals surface area contributed by atoms with Crippen molar-refractivity contribution in [3.63, 3.8) is 0 Å². The second-order valence-electron chi connectivity index (χ2n) is 5.26. The largest absolute Gasteiger partial charge is 0.487 e. The summed E-state index contributed by atoms with van der Waals surface area (Å²) in [7, 11) is 0. The zero-order valence-corrected chi connectivity index (χ0v) is 15.5. The molecule has 2 aromatic carbocycles. The van der Waals surface area contributed by atoms with Crippen molar-refractivity contribution in [1.82, 2.24) is 5.32 Å². The first kappa shape index (κ1) is 21.4. The summed E-state index contributed by atoms with van der Waals surface area (Å²) in [6.45, 7) is 5.49. The highest BCUT2D eigenvalue weighted by Crippen LogP contribution is 2.28. The molecule has 140 valence electrons. The Balaban J connectivity index is 0.00000338. The molecule has 0 spiro atoms. The first-order valence-electron chi connectivity index (χ1n) is 8.08. The van der Waals surface area contributed by atoms with E-state index >= 15 is 0 Å². The Kier molecular flexibility index (Phi) is 8.54. The number of carbonyl (C=O) groups excluding carboxylic acids is 1. The predicted molar refractivity (Wildman–Crippen MR) is 103 cm³/mol. The van der Waals surface area contributed by atoms with E-state index in [0.29, 0.717) is 18.8 Å². The highest BCUT2D eigenvalue weighted by molar-refractivity contribution is 6.05. The Bertz CT molecular complexity index is 768. The quantitative estimate of drug-likeness (QED) is 0.537. The molecular weight excluding hydrogens is 358 g/mol. The van der Waals surface area contributed by atoms with E-state index in [-0.39, 0.29) is 29.4 Å². The summed E-state index contributed by atoms with van der Waals surface area (Å²) < 4.78 is 5.23. The number of rotatable bonds is 8. The molecule has 0 aliphatic carbocycles. The minimum absolute atomic E-state index is 0. The lowest BCUT2D eigenvalue weighted by atomic mass is 10.1. The summed E-state index contributed by atoms with van der Waals surface area (Å²) >= 11 is 0. The number of nitrogens with one attached hydrogen (secondary N) is 2. The van der Waals surface area contributed by atoms with Crippen LogP contribution in [0.25, 0.3) is 0 Å². The van der Waals surface area contributed by atoms with Gasteiger partial charge in [-0.3, -0.25) is 14.9 Å². The smallest absolute Gasteiger partial charge is 0.311 e. The topological polar surface area (TPSA) is 93.5 Å². The van der Waals surface area contributed by atoms with Gasteiger partial charge in [0.15, 0.2) is 5.75 Å². The van der Waals surface area contributed by atoms with E-state index in [2.05, 4.69) is 10.6 Å². The number of nitro groups is 1. The van der Waals surface area contributed by atoms with Crippen LogP contribution in [0, 0.1) is 10.1 Å². The molecule has 0 bridgehead atoms. The fourth-order valence-electron chi connectivity index (χ4n) is 2.33. The Morgan fingerprint density at radius 1 is 1.19 bits per heavy atom. The van der Waals surface area contributed by atoms with Gasteiger partial charge in [0.25, 0.3) is 5.91 Å². The maximum atomic E-state index is 12.5. The number of anilines is 1. The van der Waals surface area contributed by atoms with Crippen LogP contribution in [0.4, 0.5) is 11.4 Å². The standard InChI is InChI=1S/C18H21N3O4.ClH/c1-3-19-12-14-7-5-6-8-15(14)20-18(22)13-9-10-17(25-4-2)16(11-13)21(23)24;/h5-11,19H,3-4,12H2,1-2H3,(H,20,22);1H. The fourth-order valence-corrected chi connectivity index (χ4v) is 2.33. The van der Waals surface area contributed by atoms with Crippen LogP contribution >= 0.6 is 12.4 Å². The van der Waals surface area contributed by atoms with Gasteiger partial charge in [-0.25, -0.2) is 0 Å². The molecule has 0 aliphatic rings. The van der Waals surface area contributed by atoms with Gasteiger partial charge in [-0.05, 0) is 37.2 Å². The lowest BCUT2D eigenvalue weighted by molar-refractivity contribution is -0.385. The van der Waals surface area contributed by atoms with Gasteiger partial charge < -0.3 is 15.4 Å². The van der Waals surface area contributed by atoms with Gasteiger partial charge in [0.1, 0.15) is 0 Å². The third kappa shape index (κ3) is 5.44. The molecule has 0 saturated heterocycles. The molecule has 2 N–H and O–H groups in total. The highest BCUT2D eigenvalue weighted by Gasteiger charge is 2.19. The number of para-hydroxylation sites is 1. The molecule has 0 radical (unpaired) electrons. The number of amides is 1. The monoisotopic (exact) mass is 379 g/mol. The van der Waals surface area contributed by atoms with Crippen LogP contribution in [0.1, 0.15) is 29.8 Å². The van der Waals surface area contributed by atoms with Crippen LogP contribution in [0.2, 0.25) is 0 Å². The van der Waals surface area contributed by atoms with Crippen LogP contribution in [0.15, 0.2) is 42.5 Å². The number of hydrogen-bond donors (Lipinski definition) is 2. The predicted octanol–water partition coefficient (Wildman–Crippen LogP) is 3.78. The summed E-state index contributed by atoms with van der Waals surface area (Å²) in [6, 6.07) is 11.6. The van der Waals surface area contributed by atoms with Crippen molar-refractivity contribution in [1.29, 1.82) is 0 Å². The summed E-state index contributed by atoms with van der Waals surface area (Å²) in [6.07, 6.45) is 0. The molecular formula is C18H22ClN3O4. The van der Waals surface area contributed by atoms with E-state index in [4.69, 9.17) is 4.74 Å². The normalized spacial score (nSPS) is 9.92. The van der Waals surface area contributed by atoms with Gasteiger partial charge in [-0.15, -0.1) is 12.4 Å². The van der Waals surface area contributed by atoms with Crippen molar-refractivity contribution >= 4 is 29.7 Å². The average Bonchev–Trinajstić information content (AvgIpc) is 2.61. The SMILES string of the molecule is CCNCc1ccccc1NC(=O)c1ccc(OCC)c([N+](=O)[O-])c1.Cl. The zero-order valence-electron chi connectivity index (χ0n) is 14.7. The van der Waals surface area contributed by atoms with Crippen LogP contribution < -0.4 is 15.4 Å². The van der Waals surface area contributed by atoms with Crippen molar-refractivity contribution in [2.24, 2.45) is 0 Å². The molecule has 7 nitrogen and oxygen atoms in total. The number of ether oxygens (including phenoxy) is 1. The first-order valence-corrected chi connectivity index (χ1v) is 8.08. The Hall–Kier alpha value is -2.64. The van der Waals surface area contributed by atoms with Crippen LogP contribution in [0.3, 0.4) is 0 Å². The molecule has 2 aromatic rings. The molecule has 0 saturated carbocycles. The second-order valence-corrected chi connectivity index (χ2v) is 5.26. The minimum atomic E-state index is -0.555.